The van der Waals surface area contributed by atoms with Crippen LogP contribution in [0.2, 0.25) is 5.02 Å². The number of hydrogen-bond donors (Lipinski definition) is 1. The van der Waals surface area contributed by atoms with Crippen molar-refractivity contribution < 1.29 is 9.90 Å². The molecule has 3 fully saturated rings. The number of aliphatic hydroxyl groups is 1. The molecule has 2 bridgehead atoms. The largest absolute Gasteiger partial charge is 0.396 e. The lowest BCUT2D eigenvalue weighted by molar-refractivity contribution is -0.124. The fourth-order valence-electron chi connectivity index (χ4n) is 5.57. The van der Waals surface area contributed by atoms with Crippen LogP contribution in [0.25, 0.3) is 17.3 Å². The van der Waals surface area contributed by atoms with Gasteiger partial charge < -0.3 is 9.67 Å². The second kappa shape index (κ2) is 9.91. The van der Waals surface area contributed by atoms with E-state index in [1.54, 1.807) is 0 Å². The standard InChI is InChI=1S/C27H27ClN2O2S2/c1-29-22(15-20(5-3-2-4-12-31)25(29)18-8-10-21(28)11-9-18)16-24-26(32)30(27(33)34-24)23-14-17-6-7-19(23)13-17/h8-11,15-17,19,23,31H,2,4,6-7,12-14H2,1H3/b24-16-. The topological polar surface area (TPSA) is 45.5 Å². The summed E-state index contributed by atoms with van der Waals surface area (Å²) in [6.07, 6.45) is 8.06. The Balaban J connectivity index is 1.48. The third-order valence-electron chi connectivity index (χ3n) is 7.21. The number of nitrogens with zero attached hydrogens (tertiary/aromatic N) is 2. The first-order chi connectivity index (χ1) is 16.5. The van der Waals surface area contributed by atoms with Crippen molar-refractivity contribution in [2.24, 2.45) is 18.9 Å². The number of hydrogen-bond acceptors (Lipinski definition) is 4. The molecular weight excluding hydrogens is 484 g/mol. The van der Waals surface area contributed by atoms with Gasteiger partial charge in [0.2, 0.25) is 0 Å². The van der Waals surface area contributed by atoms with E-state index in [1.807, 2.05) is 48.4 Å². The predicted octanol–water partition coefficient (Wildman–Crippen LogP) is 5.86. The number of halogens is 1. The van der Waals surface area contributed by atoms with Crippen LogP contribution >= 0.6 is 35.6 Å². The number of thiocarbonyl (C=S) groups is 1. The number of amides is 1. The summed E-state index contributed by atoms with van der Waals surface area (Å²) >= 11 is 13.2. The molecule has 1 aromatic carbocycles. The van der Waals surface area contributed by atoms with E-state index in [0.717, 1.165) is 34.9 Å². The normalized spacial score (nSPS) is 24.9. The van der Waals surface area contributed by atoms with E-state index in [0.29, 0.717) is 33.0 Å². The number of carbonyl (C=O) groups excluding carboxylic acids is 1. The van der Waals surface area contributed by atoms with Crippen molar-refractivity contribution in [2.75, 3.05) is 6.61 Å². The molecule has 0 radical (unpaired) electrons. The number of fused-ring (bicyclic) bond motifs is 2. The molecule has 1 aromatic heterocycles. The summed E-state index contributed by atoms with van der Waals surface area (Å²) in [6, 6.07) is 9.99. The molecule has 1 saturated heterocycles. The van der Waals surface area contributed by atoms with Crippen molar-refractivity contribution in [2.45, 2.75) is 44.6 Å². The van der Waals surface area contributed by atoms with Crippen LogP contribution in [0.1, 0.15) is 49.8 Å². The average Bonchev–Trinajstić information content (AvgIpc) is 3.57. The Labute approximate surface area is 215 Å². The number of aromatic nitrogens is 1. The highest BCUT2D eigenvalue weighted by molar-refractivity contribution is 8.26. The van der Waals surface area contributed by atoms with Crippen molar-refractivity contribution in [1.82, 2.24) is 9.47 Å². The van der Waals surface area contributed by atoms with Gasteiger partial charge in [-0.2, -0.15) is 0 Å². The average molecular weight is 511 g/mol. The van der Waals surface area contributed by atoms with E-state index in [2.05, 4.69) is 16.4 Å². The molecule has 176 valence electrons. The first kappa shape index (κ1) is 23.7. The highest BCUT2D eigenvalue weighted by Gasteiger charge is 2.48. The molecule has 1 aliphatic heterocycles. The zero-order valence-electron chi connectivity index (χ0n) is 19.1. The lowest BCUT2D eigenvalue weighted by Crippen LogP contribution is -2.41. The van der Waals surface area contributed by atoms with E-state index in [4.69, 9.17) is 28.9 Å². The summed E-state index contributed by atoms with van der Waals surface area (Å²) in [5.74, 6) is 7.82. The third-order valence-corrected chi connectivity index (χ3v) is 8.79. The maximum absolute atomic E-state index is 13.4. The minimum atomic E-state index is 0.0392. The Morgan fingerprint density at radius 3 is 2.74 bits per heavy atom. The lowest BCUT2D eigenvalue weighted by atomic mass is 9.94. The summed E-state index contributed by atoms with van der Waals surface area (Å²) in [6.45, 7) is 0.128. The molecule has 2 aliphatic carbocycles. The number of carbonyl (C=O) groups is 1. The van der Waals surface area contributed by atoms with Crippen LogP contribution in [-0.2, 0) is 11.8 Å². The molecule has 3 unspecified atom stereocenters. The molecule has 3 aliphatic rings. The van der Waals surface area contributed by atoms with Crippen molar-refractivity contribution in [3.05, 3.63) is 51.5 Å². The Hall–Kier alpha value is -2.04. The number of benzene rings is 1. The van der Waals surface area contributed by atoms with Gasteiger partial charge in [-0.05, 0) is 67.4 Å². The molecule has 4 nitrogen and oxygen atoms in total. The Bertz CT molecular complexity index is 1220. The second-order valence-corrected chi connectivity index (χ2v) is 11.4. The first-order valence-corrected chi connectivity index (χ1v) is 13.4. The van der Waals surface area contributed by atoms with Gasteiger partial charge in [0.05, 0.1) is 16.2 Å². The zero-order chi connectivity index (χ0) is 23.8. The number of unbranched alkanes of at least 4 members (excludes halogenated alkanes) is 1. The molecule has 34 heavy (non-hydrogen) atoms. The monoisotopic (exact) mass is 510 g/mol. The van der Waals surface area contributed by atoms with Gasteiger partial charge in [0.15, 0.2) is 0 Å². The minimum Gasteiger partial charge on any atom is -0.396 e. The van der Waals surface area contributed by atoms with Crippen LogP contribution in [0.4, 0.5) is 0 Å². The van der Waals surface area contributed by atoms with Gasteiger partial charge in [0, 0.05) is 36.8 Å². The predicted molar refractivity (Wildman–Crippen MR) is 143 cm³/mol. The number of rotatable bonds is 5. The molecule has 1 amide bonds. The van der Waals surface area contributed by atoms with Crippen molar-refractivity contribution in [3.8, 4) is 23.1 Å². The molecule has 0 spiro atoms. The Morgan fingerprint density at radius 1 is 1.26 bits per heavy atom. The molecule has 7 heteroatoms. The molecule has 2 saturated carbocycles. The third kappa shape index (κ3) is 4.47. The molecule has 2 aromatic rings. The van der Waals surface area contributed by atoms with Crippen LogP contribution in [0, 0.1) is 23.7 Å². The van der Waals surface area contributed by atoms with E-state index >= 15 is 0 Å². The summed E-state index contributed by atoms with van der Waals surface area (Å²) in [4.78, 5) is 16.0. The Morgan fingerprint density at radius 2 is 2.06 bits per heavy atom. The van der Waals surface area contributed by atoms with Crippen LogP contribution in [0.3, 0.4) is 0 Å². The molecule has 2 heterocycles. The van der Waals surface area contributed by atoms with Crippen LogP contribution in [-0.4, -0.2) is 37.4 Å². The molecule has 1 N–H and O–H groups in total. The van der Waals surface area contributed by atoms with Gasteiger partial charge in [-0.15, -0.1) is 0 Å². The quantitative estimate of drug-likeness (QED) is 0.237. The summed E-state index contributed by atoms with van der Waals surface area (Å²) in [5, 5.41) is 9.75. The van der Waals surface area contributed by atoms with Crippen molar-refractivity contribution >= 4 is 51.9 Å². The molecular formula is C27H27ClN2O2S2. The van der Waals surface area contributed by atoms with Gasteiger partial charge in [0.1, 0.15) is 4.32 Å². The van der Waals surface area contributed by atoms with Crippen molar-refractivity contribution in [3.63, 3.8) is 0 Å². The maximum atomic E-state index is 13.4. The highest BCUT2D eigenvalue weighted by atomic mass is 35.5. The molecule has 3 atom stereocenters. The first-order valence-electron chi connectivity index (χ1n) is 11.8. The zero-order valence-corrected chi connectivity index (χ0v) is 21.5. The maximum Gasteiger partial charge on any atom is 0.266 e. The fourth-order valence-corrected chi connectivity index (χ4v) is 7.05. The molecule has 5 rings (SSSR count). The fraction of sp³-hybridized carbons (Fsp3) is 0.407. The summed E-state index contributed by atoms with van der Waals surface area (Å²) in [5.41, 5.74) is 3.78. The SMILES string of the molecule is Cn1c(/C=C2\SC(=S)N(C3CC4CCC3C4)C2=O)cc(C#CCCCO)c1-c1ccc(Cl)cc1. The van der Waals surface area contributed by atoms with Gasteiger partial charge >= 0.3 is 0 Å². The van der Waals surface area contributed by atoms with E-state index in [-0.39, 0.29) is 18.6 Å². The number of aliphatic hydroxyl groups excluding tert-OH is 1. The lowest BCUT2D eigenvalue weighted by Gasteiger charge is -2.30. The summed E-state index contributed by atoms with van der Waals surface area (Å²) in [7, 11) is 1.99. The van der Waals surface area contributed by atoms with Crippen LogP contribution < -0.4 is 0 Å². The highest BCUT2D eigenvalue weighted by Crippen LogP contribution is 2.49. The summed E-state index contributed by atoms with van der Waals surface area (Å²) < 4.78 is 2.76. The van der Waals surface area contributed by atoms with Gasteiger partial charge in [-0.3, -0.25) is 9.69 Å². The van der Waals surface area contributed by atoms with E-state index < -0.39 is 0 Å². The van der Waals surface area contributed by atoms with E-state index in [1.165, 1.54) is 31.0 Å². The number of thioether (sulfide) groups is 1. The van der Waals surface area contributed by atoms with Gasteiger partial charge in [-0.1, -0.05) is 66.0 Å². The van der Waals surface area contributed by atoms with E-state index in [9.17, 15) is 4.79 Å². The van der Waals surface area contributed by atoms with Crippen molar-refractivity contribution in [1.29, 1.82) is 0 Å². The minimum absolute atomic E-state index is 0.0392. The van der Waals surface area contributed by atoms with Gasteiger partial charge in [-0.25, -0.2) is 0 Å². The van der Waals surface area contributed by atoms with Crippen LogP contribution in [0.15, 0.2) is 35.2 Å². The Kier molecular flexibility index (Phi) is 6.90. The second-order valence-electron chi connectivity index (χ2n) is 9.32. The van der Waals surface area contributed by atoms with Gasteiger partial charge in [0.25, 0.3) is 5.91 Å². The van der Waals surface area contributed by atoms with Crippen LogP contribution in [0.5, 0.6) is 0 Å². The smallest absolute Gasteiger partial charge is 0.266 e.